The largest absolute Gasteiger partial charge is 0.336 e. The zero-order chi connectivity index (χ0) is 13.8. The van der Waals surface area contributed by atoms with Crippen LogP contribution in [-0.2, 0) is 0 Å². The second-order valence-electron chi connectivity index (χ2n) is 4.75. The number of rotatable bonds is 5. The Kier molecular flexibility index (Phi) is 5.22. The minimum Gasteiger partial charge on any atom is -0.336 e. The number of carbonyl (C=O) groups is 1. The Morgan fingerprint density at radius 3 is 2.74 bits per heavy atom. The van der Waals surface area contributed by atoms with E-state index in [4.69, 9.17) is 11.6 Å². The topological polar surface area (TPSA) is 20.3 Å². The fraction of sp³-hybridized carbons (Fsp3) is 0.500. The molecule has 0 spiro atoms. The Hall–Kier alpha value is -0.610. The van der Waals surface area contributed by atoms with E-state index in [1.54, 1.807) is 6.07 Å². The lowest BCUT2D eigenvalue weighted by atomic mass is 9.91. The van der Waals surface area contributed by atoms with Crippen LogP contribution in [0.2, 0.25) is 0 Å². The number of hydrogen-bond acceptors (Lipinski definition) is 1. The van der Waals surface area contributed by atoms with Crippen LogP contribution in [0.4, 0.5) is 4.39 Å². The van der Waals surface area contributed by atoms with Gasteiger partial charge in [0, 0.05) is 24.0 Å². The first-order chi connectivity index (χ1) is 9.13. The molecule has 19 heavy (non-hydrogen) atoms. The highest BCUT2D eigenvalue weighted by atomic mass is 79.9. The van der Waals surface area contributed by atoms with Crippen molar-refractivity contribution in [1.29, 1.82) is 0 Å². The van der Waals surface area contributed by atoms with Gasteiger partial charge < -0.3 is 4.90 Å². The number of alkyl halides is 1. The Morgan fingerprint density at radius 1 is 1.47 bits per heavy atom. The summed E-state index contributed by atoms with van der Waals surface area (Å²) >= 11 is 8.83. The lowest BCUT2D eigenvalue weighted by Crippen LogP contribution is -2.44. The molecule has 0 radical (unpaired) electrons. The van der Waals surface area contributed by atoms with E-state index < -0.39 is 0 Å². The van der Waals surface area contributed by atoms with Crippen LogP contribution in [-0.4, -0.2) is 29.3 Å². The highest BCUT2D eigenvalue weighted by Crippen LogP contribution is 2.27. The summed E-state index contributed by atoms with van der Waals surface area (Å²) < 4.78 is 13.5. The average Bonchev–Trinajstić information content (AvgIpc) is 2.34. The Morgan fingerprint density at radius 2 is 2.21 bits per heavy atom. The van der Waals surface area contributed by atoms with Crippen LogP contribution >= 0.6 is 27.5 Å². The molecule has 0 bridgehead atoms. The van der Waals surface area contributed by atoms with E-state index in [1.165, 1.54) is 18.6 Å². The van der Waals surface area contributed by atoms with Gasteiger partial charge in [0.05, 0.1) is 4.47 Å². The quantitative estimate of drug-likeness (QED) is 0.730. The summed E-state index contributed by atoms with van der Waals surface area (Å²) in [5, 5.41) is 0. The number of halogens is 3. The number of benzene rings is 1. The average molecular weight is 349 g/mol. The molecule has 0 N–H and O–H groups in total. The highest BCUT2D eigenvalue weighted by molar-refractivity contribution is 9.10. The van der Waals surface area contributed by atoms with Crippen LogP contribution in [0.3, 0.4) is 0 Å². The van der Waals surface area contributed by atoms with Gasteiger partial charge in [0.15, 0.2) is 0 Å². The summed E-state index contributed by atoms with van der Waals surface area (Å²) in [6, 6.07) is 4.72. The molecule has 1 amide bonds. The first-order valence-corrected chi connectivity index (χ1v) is 7.78. The molecule has 1 aliphatic carbocycles. The Labute approximate surface area is 126 Å². The first kappa shape index (κ1) is 14.8. The molecular weight excluding hydrogens is 333 g/mol. The van der Waals surface area contributed by atoms with Crippen LogP contribution in [0.25, 0.3) is 0 Å². The molecular formula is C14H16BrClFNO. The van der Waals surface area contributed by atoms with Gasteiger partial charge in [0.1, 0.15) is 5.82 Å². The van der Waals surface area contributed by atoms with Crippen molar-refractivity contribution in [2.45, 2.75) is 31.7 Å². The third kappa shape index (κ3) is 3.48. The summed E-state index contributed by atoms with van der Waals surface area (Å²) in [5.41, 5.74) is 0.523. The van der Waals surface area contributed by atoms with Crippen LogP contribution < -0.4 is 0 Å². The van der Waals surface area contributed by atoms with Gasteiger partial charge in [0.2, 0.25) is 0 Å². The zero-order valence-corrected chi connectivity index (χ0v) is 12.9. The third-order valence-corrected chi connectivity index (χ3v) is 4.35. The van der Waals surface area contributed by atoms with Gasteiger partial charge in [-0.3, -0.25) is 4.79 Å². The van der Waals surface area contributed by atoms with Crippen LogP contribution in [0, 0.1) is 5.82 Å². The molecule has 0 unspecified atom stereocenters. The van der Waals surface area contributed by atoms with Crippen molar-refractivity contribution in [3.8, 4) is 0 Å². The van der Waals surface area contributed by atoms with Crippen molar-refractivity contribution in [2.24, 2.45) is 0 Å². The maximum atomic E-state index is 13.2. The summed E-state index contributed by atoms with van der Waals surface area (Å²) in [6.45, 7) is 0.669. The maximum absolute atomic E-state index is 13.2. The molecule has 0 atom stereocenters. The minimum atomic E-state index is -0.354. The van der Waals surface area contributed by atoms with Gasteiger partial charge in [-0.15, -0.1) is 11.6 Å². The molecule has 1 aromatic rings. The fourth-order valence-electron chi connectivity index (χ4n) is 2.17. The van der Waals surface area contributed by atoms with Gasteiger partial charge in [-0.25, -0.2) is 4.39 Å². The van der Waals surface area contributed by atoms with E-state index in [-0.39, 0.29) is 11.7 Å². The van der Waals surface area contributed by atoms with Crippen LogP contribution in [0.1, 0.15) is 36.0 Å². The van der Waals surface area contributed by atoms with Crippen LogP contribution in [0.5, 0.6) is 0 Å². The minimum absolute atomic E-state index is 0.0319. The predicted molar refractivity (Wildman–Crippen MR) is 78.1 cm³/mol. The summed E-state index contributed by atoms with van der Waals surface area (Å²) in [6.07, 6.45) is 4.06. The molecule has 2 nitrogen and oxygen atoms in total. The first-order valence-electron chi connectivity index (χ1n) is 6.45. The van der Waals surface area contributed by atoms with Gasteiger partial charge >= 0.3 is 0 Å². The smallest absolute Gasteiger partial charge is 0.254 e. The van der Waals surface area contributed by atoms with Crippen molar-refractivity contribution in [3.05, 3.63) is 34.1 Å². The molecule has 0 saturated heterocycles. The van der Waals surface area contributed by atoms with Crippen molar-refractivity contribution in [1.82, 2.24) is 4.90 Å². The molecule has 1 saturated carbocycles. The molecule has 1 aromatic carbocycles. The lowest BCUT2D eigenvalue weighted by Gasteiger charge is -2.37. The molecule has 0 aromatic heterocycles. The third-order valence-electron chi connectivity index (χ3n) is 3.48. The maximum Gasteiger partial charge on any atom is 0.254 e. The second kappa shape index (κ2) is 6.71. The molecule has 2 rings (SSSR count). The van der Waals surface area contributed by atoms with Gasteiger partial charge in [-0.1, -0.05) is 0 Å². The van der Waals surface area contributed by atoms with Crippen molar-refractivity contribution < 1.29 is 9.18 Å². The standard InChI is InChI=1S/C14H16BrClFNO/c15-12-9-10(5-6-13(12)17)14(19)18(8-2-7-16)11-3-1-4-11/h5-6,9,11H,1-4,7-8H2. The van der Waals surface area contributed by atoms with E-state index >= 15 is 0 Å². The van der Waals surface area contributed by atoms with E-state index in [0.29, 0.717) is 28.5 Å². The number of amides is 1. The van der Waals surface area contributed by atoms with E-state index in [0.717, 1.165) is 19.3 Å². The molecule has 1 fully saturated rings. The van der Waals surface area contributed by atoms with E-state index in [1.807, 2.05) is 4.90 Å². The zero-order valence-electron chi connectivity index (χ0n) is 10.5. The van der Waals surface area contributed by atoms with Gasteiger partial charge in [0.25, 0.3) is 5.91 Å². The van der Waals surface area contributed by atoms with E-state index in [2.05, 4.69) is 15.9 Å². The van der Waals surface area contributed by atoms with Gasteiger partial charge in [-0.05, 0) is 59.8 Å². The molecule has 5 heteroatoms. The molecule has 0 aliphatic heterocycles. The lowest BCUT2D eigenvalue weighted by molar-refractivity contribution is 0.0580. The van der Waals surface area contributed by atoms with Crippen molar-refractivity contribution in [3.63, 3.8) is 0 Å². The fourth-order valence-corrected chi connectivity index (χ4v) is 2.67. The van der Waals surface area contributed by atoms with Gasteiger partial charge in [-0.2, -0.15) is 0 Å². The predicted octanol–water partition coefficient (Wildman–Crippen LogP) is 4.21. The highest BCUT2D eigenvalue weighted by Gasteiger charge is 2.29. The summed E-state index contributed by atoms with van der Waals surface area (Å²) in [7, 11) is 0. The molecule has 104 valence electrons. The monoisotopic (exact) mass is 347 g/mol. The Balaban J connectivity index is 2.15. The van der Waals surface area contributed by atoms with Crippen LogP contribution in [0.15, 0.2) is 22.7 Å². The number of hydrogen-bond donors (Lipinski definition) is 0. The van der Waals surface area contributed by atoms with E-state index in [9.17, 15) is 9.18 Å². The van der Waals surface area contributed by atoms with Crippen molar-refractivity contribution >= 4 is 33.4 Å². The number of carbonyl (C=O) groups excluding carboxylic acids is 1. The SMILES string of the molecule is O=C(c1ccc(F)c(Br)c1)N(CCCCl)C1CCC1. The number of nitrogens with zero attached hydrogens (tertiary/aromatic N) is 1. The molecule has 0 heterocycles. The summed E-state index contributed by atoms with van der Waals surface area (Å²) in [4.78, 5) is 14.4. The Bertz CT molecular complexity index is 465. The van der Waals surface area contributed by atoms with Crippen molar-refractivity contribution in [2.75, 3.05) is 12.4 Å². The summed E-state index contributed by atoms with van der Waals surface area (Å²) in [5.74, 6) is 0.159. The molecule has 1 aliphatic rings. The normalized spacial score (nSPS) is 15.1. The second-order valence-corrected chi connectivity index (χ2v) is 5.99.